The molecule has 1 atom stereocenters. The van der Waals surface area contributed by atoms with Crippen molar-refractivity contribution >= 4 is 12.0 Å². The van der Waals surface area contributed by atoms with Gasteiger partial charge in [-0.3, -0.25) is 4.79 Å². The molecule has 0 spiro atoms. The van der Waals surface area contributed by atoms with Crippen LogP contribution in [0.15, 0.2) is 0 Å². The second-order valence-corrected chi connectivity index (χ2v) is 5.84. The van der Waals surface area contributed by atoms with Crippen LogP contribution in [0.4, 0.5) is 4.79 Å². The van der Waals surface area contributed by atoms with Crippen molar-refractivity contribution in [1.29, 1.82) is 0 Å². The number of alkyl carbamates (subject to hydrolysis) is 1. The molecule has 1 heterocycles. The van der Waals surface area contributed by atoms with Crippen LogP contribution in [-0.2, 0) is 9.53 Å². The van der Waals surface area contributed by atoms with Crippen LogP contribution in [0.2, 0.25) is 0 Å². The Morgan fingerprint density at radius 2 is 2.11 bits per heavy atom. The summed E-state index contributed by atoms with van der Waals surface area (Å²) >= 11 is 0. The Kier molecular flexibility index (Phi) is 4.99. The highest BCUT2D eigenvalue weighted by Crippen LogP contribution is 2.11. The van der Waals surface area contributed by atoms with Crippen molar-refractivity contribution in [3.63, 3.8) is 0 Å². The molecule has 18 heavy (non-hydrogen) atoms. The van der Waals surface area contributed by atoms with Crippen LogP contribution < -0.4 is 5.32 Å². The van der Waals surface area contributed by atoms with Crippen LogP contribution in [-0.4, -0.2) is 41.6 Å². The lowest BCUT2D eigenvalue weighted by atomic mass is 10.1. The maximum absolute atomic E-state index is 11.6. The lowest BCUT2D eigenvalue weighted by molar-refractivity contribution is -0.133. The Labute approximate surface area is 109 Å². The van der Waals surface area contributed by atoms with Crippen molar-refractivity contribution in [2.24, 2.45) is 0 Å². The summed E-state index contributed by atoms with van der Waals surface area (Å²) in [6.07, 6.45) is 2.22. The summed E-state index contributed by atoms with van der Waals surface area (Å²) in [5.74, 6) is 0.180. The van der Waals surface area contributed by atoms with Gasteiger partial charge in [-0.1, -0.05) is 0 Å². The lowest BCUT2D eigenvalue weighted by Gasteiger charge is -2.30. The number of piperidine rings is 1. The number of carbonyl (C=O) groups excluding carboxylic acids is 2. The fraction of sp³-hybridized carbons (Fsp3) is 0.846. The number of rotatable bonds is 3. The third-order valence-corrected chi connectivity index (χ3v) is 2.68. The van der Waals surface area contributed by atoms with E-state index >= 15 is 0 Å². The summed E-state index contributed by atoms with van der Waals surface area (Å²) in [7, 11) is 0. The summed E-state index contributed by atoms with van der Waals surface area (Å²) in [6.45, 7) is 8.70. The highest BCUT2D eigenvalue weighted by molar-refractivity contribution is 5.77. The number of ether oxygens (including phenoxy) is 1. The summed E-state index contributed by atoms with van der Waals surface area (Å²) in [6, 6.07) is -0.0955. The van der Waals surface area contributed by atoms with E-state index in [9.17, 15) is 9.59 Å². The molecule has 104 valence electrons. The second kappa shape index (κ2) is 6.07. The van der Waals surface area contributed by atoms with E-state index in [1.807, 2.05) is 32.6 Å². The zero-order valence-electron chi connectivity index (χ0n) is 11.8. The monoisotopic (exact) mass is 256 g/mol. The zero-order valence-corrected chi connectivity index (χ0v) is 11.8. The van der Waals surface area contributed by atoms with E-state index < -0.39 is 11.7 Å². The molecule has 1 saturated heterocycles. The van der Waals surface area contributed by atoms with Gasteiger partial charge in [0, 0.05) is 25.6 Å². The third-order valence-electron chi connectivity index (χ3n) is 2.68. The topological polar surface area (TPSA) is 58.6 Å². The SMILES string of the molecule is C[C@@H](CN1CCCCC1=O)NC(=O)OC(C)(C)C. The lowest BCUT2D eigenvalue weighted by Crippen LogP contribution is -2.47. The highest BCUT2D eigenvalue weighted by Gasteiger charge is 2.22. The van der Waals surface area contributed by atoms with Gasteiger partial charge in [0.2, 0.25) is 5.91 Å². The van der Waals surface area contributed by atoms with E-state index in [0.717, 1.165) is 19.4 Å². The van der Waals surface area contributed by atoms with Gasteiger partial charge in [0.15, 0.2) is 0 Å². The molecule has 1 aliphatic rings. The van der Waals surface area contributed by atoms with Gasteiger partial charge in [0.05, 0.1) is 0 Å². The van der Waals surface area contributed by atoms with Crippen molar-refractivity contribution in [3.8, 4) is 0 Å². The van der Waals surface area contributed by atoms with Crippen molar-refractivity contribution < 1.29 is 14.3 Å². The van der Waals surface area contributed by atoms with Crippen LogP contribution in [0, 0.1) is 0 Å². The molecule has 5 heteroatoms. The molecular formula is C13H24N2O3. The van der Waals surface area contributed by atoms with Gasteiger partial charge in [0.25, 0.3) is 0 Å². The fourth-order valence-corrected chi connectivity index (χ4v) is 1.94. The standard InChI is InChI=1S/C13H24N2O3/c1-10(14-12(17)18-13(2,3)4)9-15-8-6-5-7-11(15)16/h10H,5-9H2,1-4H3,(H,14,17)/t10-/m0/s1. The first kappa shape index (κ1) is 14.8. The minimum Gasteiger partial charge on any atom is -0.444 e. The molecule has 0 saturated carbocycles. The van der Waals surface area contributed by atoms with Gasteiger partial charge in [-0.15, -0.1) is 0 Å². The highest BCUT2D eigenvalue weighted by atomic mass is 16.6. The molecule has 0 unspecified atom stereocenters. The predicted octanol–water partition coefficient (Wildman–Crippen LogP) is 1.91. The molecule has 2 amide bonds. The first-order valence-corrected chi connectivity index (χ1v) is 6.55. The first-order chi connectivity index (χ1) is 8.28. The smallest absolute Gasteiger partial charge is 0.407 e. The van der Waals surface area contributed by atoms with Crippen LogP contribution >= 0.6 is 0 Å². The molecule has 0 aromatic heterocycles. The number of hydrogen-bond donors (Lipinski definition) is 1. The largest absolute Gasteiger partial charge is 0.444 e. The van der Waals surface area contributed by atoms with E-state index in [2.05, 4.69) is 5.32 Å². The van der Waals surface area contributed by atoms with E-state index in [0.29, 0.717) is 13.0 Å². The molecule has 0 aromatic carbocycles. The van der Waals surface area contributed by atoms with Crippen LogP contribution in [0.1, 0.15) is 47.0 Å². The minimum absolute atomic E-state index is 0.0955. The maximum atomic E-state index is 11.6. The van der Waals surface area contributed by atoms with E-state index in [1.54, 1.807) is 0 Å². The number of nitrogens with one attached hydrogen (secondary N) is 1. The van der Waals surface area contributed by atoms with Gasteiger partial charge < -0.3 is 15.0 Å². The van der Waals surface area contributed by atoms with Crippen LogP contribution in [0.5, 0.6) is 0 Å². The molecule has 0 aromatic rings. The van der Waals surface area contributed by atoms with Gasteiger partial charge >= 0.3 is 6.09 Å². The molecule has 0 aliphatic carbocycles. The average Bonchev–Trinajstić information content (AvgIpc) is 2.18. The van der Waals surface area contributed by atoms with Crippen LogP contribution in [0.25, 0.3) is 0 Å². The van der Waals surface area contributed by atoms with Crippen LogP contribution in [0.3, 0.4) is 0 Å². The van der Waals surface area contributed by atoms with Gasteiger partial charge in [-0.05, 0) is 40.5 Å². The molecule has 1 aliphatic heterocycles. The average molecular weight is 256 g/mol. The Morgan fingerprint density at radius 3 is 2.67 bits per heavy atom. The number of likely N-dealkylation sites (tertiary alicyclic amines) is 1. The van der Waals surface area contributed by atoms with Gasteiger partial charge in [0.1, 0.15) is 5.60 Å². The molecule has 1 N–H and O–H groups in total. The van der Waals surface area contributed by atoms with E-state index in [1.165, 1.54) is 0 Å². The Hall–Kier alpha value is -1.26. The number of amides is 2. The second-order valence-electron chi connectivity index (χ2n) is 5.84. The fourth-order valence-electron chi connectivity index (χ4n) is 1.94. The van der Waals surface area contributed by atoms with E-state index in [4.69, 9.17) is 4.74 Å². The Bertz CT molecular complexity index is 310. The normalized spacial score (nSPS) is 18.4. The molecular weight excluding hydrogens is 232 g/mol. The van der Waals surface area contributed by atoms with E-state index in [-0.39, 0.29) is 11.9 Å². The molecule has 5 nitrogen and oxygen atoms in total. The minimum atomic E-state index is -0.495. The molecule has 1 fully saturated rings. The summed E-state index contributed by atoms with van der Waals surface area (Å²) in [5.41, 5.74) is -0.495. The summed E-state index contributed by atoms with van der Waals surface area (Å²) < 4.78 is 5.17. The number of nitrogens with zero attached hydrogens (tertiary/aromatic N) is 1. The predicted molar refractivity (Wildman–Crippen MR) is 69.3 cm³/mol. The summed E-state index contributed by atoms with van der Waals surface area (Å²) in [5, 5.41) is 2.75. The first-order valence-electron chi connectivity index (χ1n) is 6.55. The Balaban J connectivity index is 2.34. The Morgan fingerprint density at radius 1 is 1.44 bits per heavy atom. The van der Waals surface area contributed by atoms with Gasteiger partial charge in [-0.2, -0.15) is 0 Å². The van der Waals surface area contributed by atoms with Crippen molar-refractivity contribution in [1.82, 2.24) is 10.2 Å². The zero-order chi connectivity index (χ0) is 13.8. The van der Waals surface area contributed by atoms with Crippen molar-refractivity contribution in [2.45, 2.75) is 58.6 Å². The molecule has 0 bridgehead atoms. The number of carbonyl (C=O) groups is 2. The molecule has 0 radical (unpaired) electrons. The number of hydrogen-bond acceptors (Lipinski definition) is 3. The quantitative estimate of drug-likeness (QED) is 0.839. The maximum Gasteiger partial charge on any atom is 0.407 e. The van der Waals surface area contributed by atoms with Crippen molar-refractivity contribution in [3.05, 3.63) is 0 Å². The summed E-state index contributed by atoms with van der Waals surface area (Å²) in [4.78, 5) is 25.0. The van der Waals surface area contributed by atoms with Crippen molar-refractivity contribution in [2.75, 3.05) is 13.1 Å². The third kappa shape index (κ3) is 5.38. The molecule has 1 rings (SSSR count). The van der Waals surface area contributed by atoms with Gasteiger partial charge in [-0.25, -0.2) is 4.79 Å².